The molecule has 1 unspecified atom stereocenters. The smallest absolute Gasteiger partial charge is 0.220 e. The van der Waals surface area contributed by atoms with E-state index in [0.717, 1.165) is 11.1 Å². The minimum atomic E-state index is -0.158. The van der Waals surface area contributed by atoms with Gasteiger partial charge in [-0.3, -0.25) is 4.79 Å². The van der Waals surface area contributed by atoms with Crippen molar-refractivity contribution < 1.29 is 19.4 Å². The van der Waals surface area contributed by atoms with Gasteiger partial charge in [-0.25, -0.2) is 0 Å². The zero-order chi connectivity index (χ0) is 19.1. The van der Waals surface area contributed by atoms with Gasteiger partial charge in [-0.2, -0.15) is 0 Å². The molecule has 0 saturated carbocycles. The maximum Gasteiger partial charge on any atom is 0.220 e. The van der Waals surface area contributed by atoms with Crippen LogP contribution in [0.3, 0.4) is 0 Å². The van der Waals surface area contributed by atoms with Crippen LogP contribution in [0.4, 0.5) is 0 Å². The number of phenols is 1. The Morgan fingerprint density at radius 1 is 1.12 bits per heavy atom. The van der Waals surface area contributed by atoms with Gasteiger partial charge in [0.25, 0.3) is 0 Å². The fraction of sp³-hybridized carbons (Fsp3) is 0.381. The van der Waals surface area contributed by atoms with Crippen molar-refractivity contribution in [3.05, 3.63) is 53.6 Å². The lowest BCUT2D eigenvalue weighted by atomic mass is 10.1. The number of amides is 1. The molecule has 0 fully saturated rings. The van der Waals surface area contributed by atoms with Crippen LogP contribution >= 0.6 is 0 Å². The quantitative estimate of drug-likeness (QED) is 0.749. The van der Waals surface area contributed by atoms with Gasteiger partial charge >= 0.3 is 0 Å². The number of carbonyl (C=O) groups is 1. The molecule has 0 radical (unpaired) electrons. The number of para-hydroxylation sites is 1. The van der Waals surface area contributed by atoms with Crippen molar-refractivity contribution in [1.29, 1.82) is 0 Å². The number of carbonyl (C=O) groups excluding carboxylic acids is 1. The Morgan fingerprint density at radius 3 is 2.50 bits per heavy atom. The highest BCUT2D eigenvalue weighted by Crippen LogP contribution is 2.31. The Kier molecular flexibility index (Phi) is 6.89. The van der Waals surface area contributed by atoms with Crippen LogP contribution in [0, 0.1) is 0 Å². The number of nitrogens with one attached hydrogen (secondary N) is 1. The van der Waals surface area contributed by atoms with Crippen molar-refractivity contribution in [2.45, 2.75) is 45.8 Å². The average Bonchev–Trinajstić information content (AvgIpc) is 2.60. The topological polar surface area (TPSA) is 67.8 Å². The summed E-state index contributed by atoms with van der Waals surface area (Å²) in [5.41, 5.74) is 1.71. The van der Waals surface area contributed by atoms with E-state index < -0.39 is 0 Å². The number of benzene rings is 2. The van der Waals surface area contributed by atoms with E-state index in [1.165, 1.54) is 0 Å². The molecule has 0 aromatic heterocycles. The Morgan fingerprint density at radius 2 is 1.85 bits per heavy atom. The predicted molar refractivity (Wildman–Crippen MR) is 102 cm³/mol. The Balaban J connectivity index is 1.97. The maximum absolute atomic E-state index is 12.2. The first-order chi connectivity index (χ1) is 12.4. The minimum Gasteiger partial charge on any atom is -0.508 e. The number of methoxy groups -OCH3 is 1. The van der Waals surface area contributed by atoms with Gasteiger partial charge in [0.15, 0.2) is 11.5 Å². The molecule has 0 heterocycles. The molecular formula is C21H27NO4. The van der Waals surface area contributed by atoms with E-state index in [2.05, 4.69) is 5.32 Å². The molecule has 140 valence electrons. The van der Waals surface area contributed by atoms with E-state index >= 15 is 0 Å². The second-order valence-electron chi connectivity index (χ2n) is 6.49. The first kappa shape index (κ1) is 19.6. The number of aromatic hydroxyl groups is 1. The third-order valence-electron chi connectivity index (χ3n) is 4.04. The van der Waals surface area contributed by atoms with Gasteiger partial charge < -0.3 is 19.9 Å². The molecule has 1 atom stereocenters. The number of aryl methyl sites for hydroxylation is 1. The summed E-state index contributed by atoms with van der Waals surface area (Å²) in [7, 11) is 1.60. The lowest BCUT2D eigenvalue weighted by Gasteiger charge is -2.18. The highest BCUT2D eigenvalue weighted by atomic mass is 16.5. The number of hydrogen-bond donors (Lipinski definition) is 2. The van der Waals surface area contributed by atoms with Crippen LogP contribution < -0.4 is 14.8 Å². The molecule has 0 aliphatic carbocycles. The molecule has 1 amide bonds. The van der Waals surface area contributed by atoms with Crippen LogP contribution in [-0.2, 0) is 11.2 Å². The van der Waals surface area contributed by atoms with Crippen molar-refractivity contribution in [2.24, 2.45) is 0 Å². The van der Waals surface area contributed by atoms with Crippen molar-refractivity contribution in [2.75, 3.05) is 7.11 Å². The molecule has 2 rings (SSSR count). The fourth-order valence-corrected chi connectivity index (χ4v) is 2.67. The second-order valence-corrected chi connectivity index (χ2v) is 6.49. The molecule has 2 N–H and O–H groups in total. The molecule has 26 heavy (non-hydrogen) atoms. The van der Waals surface area contributed by atoms with Crippen LogP contribution in [0.15, 0.2) is 42.5 Å². The lowest BCUT2D eigenvalue weighted by molar-refractivity contribution is -0.121. The summed E-state index contributed by atoms with van der Waals surface area (Å²) in [6.45, 7) is 5.84. The third kappa shape index (κ3) is 5.41. The summed E-state index contributed by atoms with van der Waals surface area (Å²) < 4.78 is 11.1. The average molecular weight is 357 g/mol. The molecule has 5 nitrogen and oxygen atoms in total. The maximum atomic E-state index is 12.2. The van der Waals surface area contributed by atoms with Crippen LogP contribution in [-0.4, -0.2) is 24.2 Å². The molecule has 0 spiro atoms. The summed E-state index contributed by atoms with van der Waals surface area (Å²) in [6, 6.07) is 12.6. The molecule has 5 heteroatoms. The lowest BCUT2D eigenvalue weighted by Crippen LogP contribution is -2.26. The van der Waals surface area contributed by atoms with Crippen LogP contribution in [0.1, 0.15) is 44.4 Å². The Hall–Kier alpha value is -2.69. The number of hydrogen-bond acceptors (Lipinski definition) is 4. The summed E-state index contributed by atoms with van der Waals surface area (Å²) in [5, 5.41) is 12.8. The van der Waals surface area contributed by atoms with Gasteiger partial charge in [0.1, 0.15) is 5.75 Å². The van der Waals surface area contributed by atoms with E-state index in [1.807, 2.05) is 51.1 Å². The van der Waals surface area contributed by atoms with Gasteiger partial charge in [0.05, 0.1) is 19.3 Å². The van der Waals surface area contributed by atoms with Crippen LogP contribution in [0.2, 0.25) is 0 Å². The van der Waals surface area contributed by atoms with Crippen LogP contribution in [0.25, 0.3) is 0 Å². The SMILES string of the molecule is COc1cc(C(C)NC(=O)CCc2ccccc2O)ccc1OC(C)C. The fourth-order valence-electron chi connectivity index (χ4n) is 2.67. The zero-order valence-electron chi connectivity index (χ0n) is 15.8. The van der Waals surface area contributed by atoms with Gasteiger partial charge in [-0.05, 0) is 56.5 Å². The van der Waals surface area contributed by atoms with E-state index in [9.17, 15) is 9.90 Å². The van der Waals surface area contributed by atoms with Crippen molar-refractivity contribution in [1.82, 2.24) is 5.32 Å². The monoisotopic (exact) mass is 357 g/mol. The van der Waals surface area contributed by atoms with Crippen molar-refractivity contribution in [3.8, 4) is 17.2 Å². The van der Waals surface area contributed by atoms with Gasteiger partial charge in [0, 0.05) is 6.42 Å². The number of rotatable bonds is 8. The summed E-state index contributed by atoms with van der Waals surface area (Å²) in [4.78, 5) is 12.2. The van der Waals surface area contributed by atoms with Crippen molar-refractivity contribution in [3.63, 3.8) is 0 Å². The Labute approximate surface area is 155 Å². The summed E-state index contributed by atoms with van der Waals surface area (Å²) in [5.74, 6) is 1.48. The molecule has 0 bridgehead atoms. The van der Waals surface area contributed by atoms with E-state index in [0.29, 0.717) is 24.3 Å². The van der Waals surface area contributed by atoms with Gasteiger partial charge in [-0.1, -0.05) is 24.3 Å². The molecule has 2 aromatic rings. The molecule has 0 aliphatic rings. The highest BCUT2D eigenvalue weighted by Gasteiger charge is 2.14. The first-order valence-electron chi connectivity index (χ1n) is 8.81. The summed E-state index contributed by atoms with van der Waals surface area (Å²) >= 11 is 0. The van der Waals surface area contributed by atoms with E-state index in [-0.39, 0.29) is 23.8 Å². The third-order valence-corrected chi connectivity index (χ3v) is 4.04. The van der Waals surface area contributed by atoms with Gasteiger partial charge in [-0.15, -0.1) is 0 Å². The predicted octanol–water partition coefficient (Wildman–Crippen LogP) is 4.00. The van der Waals surface area contributed by atoms with Crippen molar-refractivity contribution >= 4 is 5.91 Å². The second kappa shape index (κ2) is 9.13. The molecular weight excluding hydrogens is 330 g/mol. The van der Waals surface area contributed by atoms with E-state index in [4.69, 9.17) is 9.47 Å². The zero-order valence-corrected chi connectivity index (χ0v) is 15.8. The van der Waals surface area contributed by atoms with Gasteiger partial charge in [0.2, 0.25) is 5.91 Å². The van der Waals surface area contributed by atoms with E-state index in [1.54, 1.807) is 19.2 Å². The normalized spacial score (nSPS) is 11.9. The minimum absolute atomic E-state index is 0.0567. The highest BCUT2D eigenvalue weighted by molar-refractivity contribution is 5.76. The molecule has 0 saturated heterocycles. The largest absolute Gasteiger partial charge is 0.508 e. The summed E-state index contributed by atoms with van der Waals surface area (Å²) in [6.07, 6.45) is 0.866. The van der Waals surface area contributed by atoms with Crippen LogP contribution in [0.5, 0.6) is 17.2 Å². The number of phenolic OH excluding ortho intramolecular Hbond substituents is 1. The molecule has 2 aromatic carbocycles. The first-order valence-corrected chi connectivity index (χ1v) is 8.81. The Bertz CT molecular complexity index is 743. The number of ether oxygens (including phenoxy) is 2. The molecule has 0 aliphatic heterocycles. The standard InChI is InChI=1S/C21H27NO4/c1-14(2)26-19-11-9-17(13-20(19)25-4)15(3)22-21(24)12-10-16-7-5-6-8-18(16)23/h5-9,11,13-15,23H,10,12H2,1-4H3,(H,22,24).